The van der Waals surface area contributed by atoms with E-state index in [0.29, 0.717) is 39.4 Å². The highest BCUT2D eigenvalue weighted by Crippen LogP contribution is 2.43. The zero-order chi connectivity index (χ0) is 22.6. The number of anilines is 1. The van der Waals surface area contributed by atoms with Crippen molar-refractivity contribution in [2.45, 2.75) is 23.6 Å². The van der Waals surface area contributed by atoms with E-state index in [9.17, 15) is 14.6 Å². The van der Waals surface area contributed by atoms with Crippen LogP contribution in [0.5, 0.6) is 0 Å². The molecule has 9 heteroatoms. The van der Waals surface area contributed by atoms with Crippen molar-refractivity contribution < 1.29 is 9.36 Å². The van der Waals surface area contributed by atoms with Crippen molar-refractivity contribution in [2.75, 3.05) is 32.3 Å². The minimum Gasteiger partial charge on any atom is -0.371 e. The molecule has 156 valence electrons. The van der Waals surface area contributed by atoms with E-state index in [1.807, 2.05) is 6.92 Å². The maximum atomic E-state index is 12.5. The summed E-state index contributed by atoms with van der Waals surface area (Å²) in [5.74, 6) is -0.157. The van der Waals surface area contributed by atoms with Gasteiger partial charge in [0.25, 0.3) is 0 Å². The molecule has 0 aliphatic rings. The quantitative estimate of drug-likeness (QED) is 0.399. The normalized spacial score (nSPS) is 12.0. The third-order valence-corrected chi connectivity index (χ3v) is 7.28. The summed E-state index contributed by atoms with van der Waals surface area (Å²) in [6, 6.07) is 9.11. The first-order valence-corrected chi connectivity index (χ1v) is 12.7. The lowest BCUT2D eigenvalue weighted by atomic mass is 10.1. The highest BCUT2D eigenvalue weighted by Gasteiger charge is 2.27. The molecule has 0 radical (unpaired) electrons. The van der Waals surface area contributed by atoms with Crippen molar-refractivity contribution in [3.05, 3.63) is 52.4 Å². The molecular formula is C21H24N5O2PS. The van der Waals surface area contributed by atoms with E-state index in [-0.39, 0.29) is 5.56 Å². The number of primary amides is 1. The van der Waals surface area contributed by atoms with Gasteiger partial charge in [-0.1, -0.05) is 36.9 Å². The first-order valence-electron chi connectivity index (χ1n) is 9.18. The van der Waals surface area contributed by atoms with Crippen molar-refractivity contribution in [2.24, 2.45) is 5.73 Å². The van der Waals surface area contributed by atoms with Crippen molar-refractivity contribution in [1.29, 1.82) is 5.26 Å². The monoisotopic (exact) mass is 441 g/mol. The number of hydrogen-bond donors (Lipinski definition) is 1. The zero-order valence-corrected chi connectivity index (χ0v) is 19.3. The summed E-state index contributed by atoms with van der Waals surface area (Å²) in [7, 11) is 1.01. The molecule has 1 amide bonds. The molecule has 1 heterocycles. The summed E-state index contributed by atoms with van der Waals surface area (Å²) in [6.07, 6.45) is 0.475. The molecule has 30 heavy (non-hydrogen) atoms. The van der Waals surface area contributed by atoms with Gasteiger partial charge in [0.05, 0.1) is 12.1 Å². The number of aromatic nitrogens is 1. The molecule has 1 aromatic heterocycles. The molecule has 7 nitrogen and oxygen atoms in total. The molecule has 2 rings (SSSR count). The van der Waals surface area contributed by atoms with E-state index in [2.05, 4.69) is 15.9 Å². The van der Waals surface area contributed by atoms with E-state index in [4.69, 9.17) is 12.3 Å². The van der Waals surface area contributed by atoms with Gasteiger partial charge in [-0.25, -0.2) is 9.83 Å². The highest BCUT2D eigenvalue weighted by molar-refractivity contribution is 8.00. The van der Waals surface area contributed by atoms with Gasteiger partial charge in [-0.15, -0.1) is 0 Å². The molecular weight excluding hydrogens is 417 g/mol. The molecule has 0 saturated heterocycles. The van der Waals surface area contributed by atoms with Crippen LogP contribution in [0.1, 0.15) is 28.9 Å². The maximum Gasteiger partial charge on any atom is 0.235 e. The Bertz CT molecular complexity index is 1110. The molecule has 0 spiro atoms. The number of benzene rings is 1. The fourth-order valence-corrected chi connectivity index (χ4v) is 4.94. The summed E-state index contributed by atoms with van der Waals surface area (Å²) < 4.78 is 12.5. The number of nitrogens with zero attached hydrogens (tertiary/aromatic N) is 4. The Morgan fingerprint density at radius 1 is 1.43 bits per heavy atom. The van der Waals surface area contributed by atoms with Crippen LogP contribution in [0.25, 0.3) is 4.85 Å². The SMILES string of the molecule is [C-]#[N+]c1c(N(C)C)nc(SC(C(N)=O)c2cccc(P(C)(C)=O)c2)c(C#N)c1CC. The molecule has 1 aromatic carbocycles. The third-order valence-electron chi connectivity index (χ3n) is 4.50. The van der Waals surface area contributed by atoms with E-state index in [1.54, 1.807) is 56.6 Å². The van der Waals surface area contributed by atoms with Crippen LogP contribution in [-0.4, -0.2) is 38.3 Å². The lowest BCUT2D eigenvalue weighted by molar-refractivity contribution is -0.117. The molecule has 1 unspecified atom stereocenters. The number of thioether (sulfide) groups is 1. The minimum absolute atomic E-state index is 0.276. The number of rotatable bonds is 7. The molecule has 2 aromatic rings. The van der Waals surface area contributed by atoms with Crippen LogP contribution in [0.15, 0.2) is 29.3 Å². The Kier molecular flexibility index (Phi) is 7.31. The number of carbonyl (C=O) groups excluding carboxylic acids is 1. The van der Waals surface area contributed by atoms with Crippen LogP contribution in [0, 0.1) is 17.9 Å². The predicted molar refractivity (Wildman–Crippen MR) is 122 cm³/mol. The van der Waals surface area contributed by atoms with Crippen molar-refractivity contribution >= 4 is 41.6 Å². The van der Waals surface area contributed by atoms with Crippen LogP contribution in [0.2, 0.25) is 0 Å². The second-order valence-corrected chi connectivity index (χ2v) is 11.6. The number of amides is 1. The van der Waals surface area contributed by atoms with Gasteiger partial charge in [0.15, 0.2) is 0 Å². The molecule has 1 atom stereocenters. The average Bonchev–Trinajstić information content (AvgIpc) is 2.69. The Balaban J connectivity index is 2.68. The van der Waals surface area contributed by atoms with Crippen LogP contribution < -0.4 is 15.9 Å². The summed E-state index contributed by atoms with van der Waals surface area (Å²) >= 11 is 1.07. The van der Waals surface area contributed by atoms with E-state index >= 15 is 0 Å². The Hall–Kier alpha value is -2.80. The number of nitrogens with two attached hydrogens (primary N) is 1. The second kappa shape index (κ2) is 9.34. The van der Waals surface area contributed by atoms with Gasteiger partial charge in [0.2, 0.25) is 11.6 Å². The number of nitriles is 1. The number of hydrogen-bond acceptors (Lipinski definition) is 6. The van der Waals surface area contributed by atoms with Gasteiger partial charge >= 0.3 is 0 Å². The van der Waals surface area contributed by atoms with Gasteiger partial charge in [-0.05, 0) is 36.9 Å². The van der Waals surface area contributed by atoms with Gasteiger partial charge in [-0.3, -0.25) is 4.79 Å². The fraction of sp³-hybridized carbons (Fsp3) is 0.333. The average molecular weight is 441 g/mol. The van der Waals surface area contributed by atoms with Gasteiger partial charge in [0.1, 0.15) is 29.3 Å². The number of carbonyl (C=O) groups is 1. The van der Waals surface area contributed by atoms with Crippen LogP contribution in [0.4, 0.5) is 11.5 Å². The largest absolute Gasteiger partial charge is 0.371 e. The smallest absolute Gasteiger partial charge is 0.235 e. The van der Waals surface area contributed by atoms with Crippen molar-refractivity contribution in [1.82, 2.24) is 4.98 Å². The Labute approximate surface area is 181 Å². The van der Waals surface area contributed by atoms with Crippen molar-refractivity contribution in [3.63, 3.8) is 0 Å². The van der Waals surface area contributed by atoms with E-state index in [1.165, 1.54) is 0 Å². The van der Waals surface area contributed by atoms with E-state index in [0.717, 1.165) is 11.8 Å². The molecule has 2 N–H and O–H groups in total. The maximum absolute atomic E-state index is 12.5. The van der Waals surface area contributed by atoms with Gasteiger partial charge in [-0.2, -0.15) is 5.26 Å². The zero-order valence-electron chi connectivity index (χ0n) is 17.6. The van der Waals surface area contributed by atoms with Crippen LogP contribution in [-0.2, 0) is 15.8 Å². The van der Waals surface area contributed by atoms with Gasteiger partial charge < -0.3 is 15.2 Å². The molecule has 0 bridgehead atoms. The molecule has 0 aliphatic carbocycles. The topological polar surface area (TPSA) is 104 Å². The lowest BCUT2D eigenvalue weighted by Crippen LogP contribution is -2.21. The first kappa shape index (κ1) is 23.5. The van der Waals surface area contributed by atoms with Crippen LogP contribution in [0.3, 0.4) is 0 Å². The molecule has 0 aliphatic heterocycles. The highest BCUT2D eigenvalue weighted by atomic mass is 32.2. The molecule has 0 fully saturated rings. The summed E-state index contributed by atoms with van der Waals surface area (Å²) in [5.41, 5.74) is 7.49. The lowest BCUT2D eigenvalue weighted by Gasteiger charge is -2.21. The Morgan fingerprint density at radius 3 is 2.57 bits per heavy atom. The van der Waals surface area contributed by atoms with Gasteiger partial charge in [0, 0.05) is 19.4 Å². The number of pyridine rings is 1. The fourth-order valence-electron chi connectivity index (χ4n) is 2.99. The standard InChI is InChI=1S/C21H24N5O2PS/c1-7-15-16(12-22)21(25-20(26(3)4)17(15)24-2)30-18(19(23)27)13-9-8-10-14(11-13)29(5,6)28/h8-11,18H,7H2,1,3-6H3,(H2,23,27). The summed E-state index contributed by atoms with van der Waals surface area (Å²) in [4.78, 5) is 22.2. The van der Waals surface area contributed by atoms with Crippen LogP contribution >= 0.6 is 18.9 Å². The second-order valence-electron chi connectivity index (χ2n) is 7.26. The summed E-state index contributed by atoms with van der Waals surface area (Å²) in [5, 5.41) is 9.94. The minimum atomic E-state index is -2.53. The third kappa shape index (κ3) is 4.84. The summed E-state index contributed by atoms with van der Waals surface area (Å²) in [6.45, 7) is 12.7. The first-order chi connectivity index (χ1) is 14.0. The van der Waals surface area contributed by atoms with Crippen molar-refractivity contribution in [3.8, 4) is 6.07 Å². The van der Waals surface area contributed by atoms with E-state index < -0.39 is 18.3 Å². The predicted octanol–water partition coefficient (Wildman–Crippen LogP) is 3.70. The molecule has 0 saturated carbocycles. The Morgan fingerprint density at radius 2 is 2.10 bits per heavy atom.